The van der Waals surface area contributed by atoms with Gasteiger partial charge in [-0.25, -0.2) is 4.90 Å². The second-order valence-electron chi connectivity index (χ2n) is 2.58. The molecule has 13 heavy (non-hydrogen) atoms. The first-order valence-electron chi connectivity index (χ1n) is 3.61. The molecular formula is C9H4NO3. The van der Waals surface area contributed by atoms with Gasteiger partial charge >= 0.3 is 6.41 Å². The Labute approximate surface area is 73.8 Å². The minimum absolute atomic E-state index is 0.260. The summed E-state index contributed by atoms with van der Waals surface area (Å²) in [5.74, 6) is -1.20. The van der Waals surface area contributed by atoms with Crippen molar-refractivity contribution in [1.29, 1.82) is 0 Å². The molecular weight excluding hydrogens is 170 g/mol. The van der Waals surface area contributed by atoms with Gasteiger partial charge in [-0.3, -0.25) is 14.4 Å². The fourth-order valence-electron chi connectivity index (χ4n) is 1.27. The summed E-state index contributed by atoms with van der Waals surface area (Å²) >= 11 is 0. The number of carbonyl (C=O) groups excluding carboxylic acids is 3. The van der Waals surface area contributed by atoms with Crippen molar-refractivity contribution in [3.8, 4) is 0 Å². The van der Waals surface area contributed by atoms with E-state index in [1.165, 1.54) is 18.5 Å². The molecule has 1 aromatic carbocycles. The highest BCUT2D eigenvalue weighted by molar-refractivity contribution is 6.26. The molecule has 0 fully saturated rings. The molecule has 0 spiro atoms. The van der Waals surface area contributed by atoms with E-state index >= 15 is 0 Å². The normalized spacial score (nSPS) is 14.6. The van der Waals surface area contributed by atoms with Gasteiger partial charge in [0.05, 0.1) is 11.1 Å². The average Bonchev–Trinajstić information content (AvgIpc) is 2.41. The summed E-state index contributed by atoms with van der Waals surface area (Å²) in [6, 6.07) is 6.29. The Hall–Kier alpha value is -1.97. The molecule has 1 aromatic rings. The molecule has 0 atom stereocenters. The molecule has 0 saturated carbocycles. The van der Waals surface area contributed by atoms with Gasteiger partial charge in [0.2, 0.25) is 0 Å². The molecule has 4 nitrogen and oxygen atoms in total. The number of amides is 3. The zero-order chi connectivity index (χ0) is 9.42. The van der Waals surface area contributed by atoms with E-state index in [9.17, 15) is 14.4 Å². The Bertz CT molecular complexity index is 376. The predicted molar refractivity (Wildman–Crippen MR) is 42.6 cm³/mol. The van der Waals surface area contributed by atoms with Gasteiger partial charge in [0.25, 0.3) is 11.8 Å². The van der Waals surface area contributed by atoms with Crippen LogP contribution in [0.4, 0.5) is 0 Å². The van der Waals surface area contributed by atoms with Gasteiger partial charge in [0, 0.05) is 0 Å². The van der Waals surface area contributed by atoms with Crippen LogP contribution in [0.25, 0.3) is 0 Å². The highest BCUT2D eigenvalue weighted by Gasteiger charge is 2.35. The van der Waals surface area contributed by atoms with Crippen LogP contribution in [0.5, 0.6) is 0 Å². The van der Waals surface area contributed by atoms with E-state index in [-0.39, 0.29) is 11.1 Å². The van der Waals surface area contributed by atoms with Crippen LogP contribution >= 0.6 is 0 Å². The number of imide groups is 3. The van der Waals surface area contributed by atoms with E-state index in [4.69, 9.17) is 0 Å². The van der Waals surface area contributed by atoms with Gasteiger partial charge in [-0.1, -0.05) is 12.1 Å². The van der Waals surface area contributed by atoms with E-state index in [2.05, 4.69) is 0 Å². The van der Waals surface area contributed by atoms with E-state index in [1.54, 1.807) is 12.1 Å². The summed E-state index contributed by atoms with van der Waals surface area (Å²) in [6.45, 7) is 0. The number of nitrogens with zero attached hydrogens (tertiary/aromatic N) is 1. The molecule has 0 N–H and O–H groups in total. The fraction of sp³-hybridized carbons (Fsp3) is 0. The van der Waals surface area contributed by atoms with Gasteiger partial charge in [-0.05, 0) is 12.1 Å². The number of fused-ring (bicyclic) bond motifs is 1. The van der Waals surface area contributed by atoms with Crippen molar-refractivity contribution in [2.75, 3.05) is 0 Å². The van der Waals surface area contributed by atoms with Crippen LogP contribution in [0.1, 0.15) is 20.7 Å². The minimum Gasteiger partial charge on any atom is -0.268 e. The van der Waals surface area contributed by atoms with E-state index in [0.717, 1.165) is 0 Å². The monoisotopic (exact) mass is 174 g/mol. The Morgan fingerprint density at radius 2 is 1.46 bits per heavy atom. The summed E-state index contributed by atoms with van der Waals surface area (Å²) < 4.78 is 0. The van der Waals surface area contributed by atoms with Crippen LogP contribution in [0, 0.1) is 0 Å². The van der Waals surface area contributed by atoms with Gasteiger partial charge in [0.15, 0.2) is 0 Å². The topological polar surface area (TPSA) is 54.5 Å². The standard InChI is InChI=1S/C9H4NO3/c11-5-10-8(12)6-3-1-2-4-7(6)9(10)13/h1-4H. The lowest BCUT2D eigenvalue weighted by molar-refractivity contribution is 0.0745. The summed E-state index contributed by atoms with van der Waals surface area (Å²) in [5.41, 5.74) is 0.520. The van der Waals surface area contributed by atoms with Gasteiger partial charge in [-0.15, -0.1) is 0 Å². The molecule has 1 heterocycles. The first kappa shape index (κ1) is 7.67. The highest BCUT2D eigenvalue weighted by atomic mass is 16.2. The lowest BCUT2D eigenvalue weighted by Gasteiger charge is -1.98. The smallest absolute Gasteiger partial charge is 0.268 e. The molecule has 0 aliphatic carbocycles. The molecule has 4 heteroatoms. The number of hydrogen-bond acceptors (Lipinski definition) is 3. The number of benzene rings is 1. The average molecular weight is 174 g/mol. The third-order valence-electron chi connectivity index (χ3n) is 1.89. The zero-order valence-electron chi connectivity index (χ0n) is 6.48. The van der Waals surface area contributed by atoms with Crippen molar-refractivity contribution >= 4 is 18.2 Å². The lowest BCUT2D eigenvalue weighted by atomic mass is 10.1. The van der Waals surface area contributed by atoms with Crippen LogP contribution in [0.3, 0.4) is 0 Å². The molecule has 0 aromatic heterocycles. The highest BCUT2D eigenvalue weighted by Crippen LogP contribution is 2.20. The van der Waals surface area contributed by atoms with Crippen molar-refractivity contribution in [3.63, 3.8) is 0 Å². The summed E-state index contributed by atoms with van der Waals surface area (Å²) in [7, 11) is 0. The quantitative estimate of drug-likeness (QED) is 0.577. The van der Waals surface area contributed by atoms with E-state index < -0.39 is 11.8 Å². The first-order chi connectivity index (χ1) is 6.25. The molecule has 3 amide bonds. The van der Waals surface area contributed by atoms with Crippen LogP contribution < -0.4 is 0 Å². The maximum absolute atomic E-state index is 11.3. The van der Waals surface area contributed by atoms with Gasteiger partial charge < -0.3 is 0 Å². The number of rotatable bonds is 1. The van der Waals surface area contributed by atoms with Crippen molar-refractivity contribution in [2.24, 2.45) is 0 Å². The van der Waals surface area contributed by atoms with Crippen molar-refractivity contribution in [2.45, 2.75) is 0 Å². The molecule has 1 aliphatic rings. The van der Waals surface area contributed by atoms with Crippen molar-refractivity contribution in [3.05, 3.63) is 35.4 Å². The summed E-state index contributed by atoms with van der Waals surface area (Å²) in [5, 5.41) is 0. The SMILES string of the molecule is O=[C]N1C(=O)c2ccccc2C1=O. The number of carbonyl (C=O) groups is 2. The molecule has 63 valence electrons. The molecule has 1 aliphatic heterocycles. The summed E-state index contributed by atoms with van der Waals surface area (Å²) in [4.78, 5) is 33.3. The minimum atomic E-state index is -0.601. The molecule has 2 rings (SSSR count). The second kappa shape index (κ2) is 2.52. The third-order valence-corrected chi connectivity index (χ3v) is 1.89. The van der Waals surface area contributed by atoms with Gasteiger partial charge in [0.1, 0.15) is 0 Å². The predicted octanol–water partition coefficient (Wildman–Crippen LogP) is 0.350. The maximum atomic E-state index is 11.3. The Balaban J connectivity index is 2.63. The molecule has 0 bridgehead atoms. The Morgan fingerprint density at radius 3 is 1.85 bits per heavy atom. The largest absolute Gasteiger partial charge is 0.327 e. The van der Waals surface area contributed by atoms with E-state index in [1.807, 2.05) is 0 Å². The Kier molecular flexibility index (Phi) is 1.48. The second-order valence-corrected chi connectivity index (χ2v) is 2.58. The number of hydrogen-bond donors (Lipinski definition) is 0. The summed E-state index contributed by atoms with van der Waals surface area (Å²) in [6.07, 6.45) is 1.29. The van der Waals surface area contributed by atoms with Crippen LogP contribution in [-0.2, 0) is 4.79 Å². The maximum Gasteiger partial charge on any atom is 0.327 e. The fourth-order valence-corrected chi connectivity index (χ4v) is 1.27. The Morgan fingerprint density at radius 1 is 1.00 bits per heavy atom. The van der Waals surface area contributed by atoms with Gasteiger partial charge in [-0.2, -0.15) is 0 Å². The van der Waals surface area contributed by atoms with E-state index in [0.29, 0.717) is 4.90 Å². The zero-order valence-corrected chi connectivity index (χ0v) is 6.48. The van der Waals surface area contributed by atoms with Crippen LogP contribution in [-0.4, -0.2) is 23.1 Å². The van der Waals surface area contributed by atoms with Crippen LogP contribution in [0.15, 0.2) is 24.3 Å². The molecule has 1 radical (unpaired) electrons. The lowest BCUT2D eigenvalue weighted by Crippen LogP contribution is -2.27. The van der Waals surface area contributed by atoms with Crippen molar-refractivity contribution in [1.82, 2.24) is 4.90 Å². The first-order valence-corrected chi connectivity index (χ1v) is 3.61. The molecule has 0 saturated heterocycles. The molecule has 0 unspecified atom stereocenters. The van der Waals surface area contributed by atoms with Crippen molar-refractivity contribution < 1.29 is 14.4 Å². The third kappa shape index (κ3) is 0.885. The van der Waals surface area contributed by atoms with Crippen LogP contribution in [0.2, 0.25) is 0 Å².